The number of hydrogen-bond acceptors (Lipinski definition) is 5. The molecule has 0 radical (unpaired) electrons. The van der Waals surface area contributed by atoms with E-state index in [2.05, 4.69) is 15.9 Å². The van der Waals surface area contributed by atoms with E-state index in [1.807, 2.05) is 12.1 Å². The van der Waals surface area contributed by atoms with Crippen molar-refractivity contribution in [1.29, 1.82) is 0 Å². The maximum Gasteiger partial charge on any atom is 0.411 e. The van der Waals surface area contributed by atoms with Crippen LogP contribution < -0.4 is 0 Å². The quantitative estimate of drug-likeness (QED) is 0.640. The molecule has 1 aliphatic heterocycles. The third kappa shape index (κ3) is 3.69. The minimum atomic E-state index is -0.793. The van der Waals surface area contributed by atoms with E-state index in [-0.39, 0.29) is 11.8 Å². The molecule has 1 saturated heterocycles. The zero-order valence-electron chi connectivity index (χ0n) is 16.2. The van der Waals surface area contributed by atoms with E-state index in [1.54, 1.807) is 26.8 Å². The number of ketones is 1. The molecule has 1 unspecified atom stereocenters. The highest BCUT2D eigenvalue weighted by atomic mass is 79.9. The van der Waals surface area contributed by atoms with Crippen LogP contribution >= 0.6 is 15.9 Å². The molecular formula is C21H24BrNO5. The number of aryl methyl sites for hydroxylation is 1. The molecule has 7 heteroatoms. The monoisotopic (exact) mass is 449 g/mol. The average Bonchev–Trinajstić information content (AvgIpc) is 3.25. The van der Waals surface area contributed by atoms with Gasteiger partial charge in [0.15, 0.2) is 6.10 Å². The molecule has 0 bridgehead atoms. The van der Waals surface area contributed by atoms with Crippen molar-refractivity contribution in [3.8, 4) is 0 Å². The lowest BCUT2D eigenvalue weighted by Gasteiger charge is -2.31. The van der Waals surface area contributed by atoms with E-state index < -0.39 is 29.8 Å². The molecule has 2 fully saturated rings. The van der Waals surface area contributed by atoms with Gasteiger partial charge in [0.1, 0.15) is 11.6 Å². The standard InChI is InChI=1S/C21H24BrNO5/c1-21(2,3)28-20(26)23-15-9-12(15)10-16(23)19(25)27-17-7-4-11-8-13(22)5-6-14(11)18(17)24/h5-6,8,12,15-17H,4,7,9-10H2,1-3H3/t12-,15-,16+,17?/m1/s1. The van der Waals surface area contributed by atoms with Crippen LogP contribution in [0.25, 0.3) is 0 Å². The van der Waals surface area contributed by atoms with Crippen molar-refractivity contribution in [3.05, 3.63) is 33.8 Å². The lowest BCUT2D eigenvalue weighted by Crippen LogP contribution is -2.47. The molecule has 1 heterocycles. The summed E-state index contributed by atoms with van der Waals surface area (Å²) in [6.07, 6.45) is 1.33. The molecule has 0 spiro atoms. The highest BCUT2D eigenvalue weighted by molar-refractivity contribution is 9.10. The zero-order chi connectivity index (χ0) is 20.2. The Labute approximate surface area is 172 Å². The number of esters is 1. The Morgan fingerprint density at radius 2 is 1.96 bits per heavy atom. The topological polar surface area (TPSA) is 72.9 Å². The van der Waals surface area contributed by atoms with Crippen molar-refractivity contribution in [2.75, 3.05) is 0 Å². The van der Waals surface area contributed by atoms with Crippen LogP contribution in [-0.2, 0) is 20.7 Å². The summed E-state index contributed by atoms with van der Waals surface area (Å²) in [5.41, 5.74) is 0.935. The summed E-state index contributed by atoms with van der Waals surface area (Å²) in [4.78, 5) is 39.7. The summed E-state index contributed by atoms with van der Waals surface area (Å²) in [5.74, 6) is -0.351. The van der Waals surface area contributed by atoms with Gasteiger partial charge in [0.05, 0.1) is 0 Å². The third-order valence-electron chi connectivity index (χ3n) is 5.54. The SMILES string of the molecule is CC(C)(C)OC(=O)N1[C@@H]2C[C@@H]2C[C@H]1C(=O)OC1CCc2cc(Br)ccc2C1=O. The molecular weight excluding hydrogens is 426 g/mol. The van der Waals surface area contributed by atoms with Gasteiger partial charge in [-0.2, -0.15) is 0 Å². The van der Waals surface area contributed by atoms with Gasteiger partial charge in [-0.1, -0.05) is 15.9 Å². The Morgan fingerprint density at radius 1 is 1.21 bits per heavy atom. The summed E-state index contributed by atoms with van der Waals surface area (Å²) >= 11 is 3.41. The zero-order valence-corrected chi connectivity index (χ0v) is 17.8. The van der Waals surface area contributed by atoms with E-state index in [9.17, 15) is 14.4 Å². The number of piperidine rings is 1. The molecule has 150 valence electrons. The summed E-state index contributed by atoms with van der Waals surface area (Å²) in [6.45, 7) is 5.40. The fourth-order valence-corrected chi connectivity index (χ4v) is 4.58. The number of carbonyl (C=O) groups excluding carboxylic acids is 3. The number of benzene rings is 1. The fraction of sp³-hybridized carbons (Fsp3) is 0.571. The van der Waals surface area contributed by atoms with Crippen LogP contribution in [0, 0.1) is 5.92 Å². The number of Topliss-reactive ketones (excluding diaryl/α,β-unsaturated/α-hetero) is 1. The molecule has 2 aliphatic carbocycles. The Bertz CT molecular complexity index is 846. The van der Waals surface area contributed by atoms with Gasteiger partial charge >= 0.3 is 12.1 Å². The van der Waals surface area contributed by atoms with Crippen LogP contribution in [0.2, 0.25) is 0 Å². The normalized spacial score (nSPS) is 28.4. The van der Waals surface area contributed by atoms with E-state index in [4.69, 9.17) is 9.47 Å². The number of likely N-dealkylation sites (tertiary alicyclic amines) is 1. The van der Waals surface area contributed by atoms with Crippen molar-refractivity contribution in [2.24, 2.45) is 5.92 Å². The second kappa shape index (κ2) is 6.87. The second-order valence-corrected chi connectivity index (χ2v) is 9.75. The molecule has 0 aromatic heterocycles. The van der Waals surface area contributed by atoms with E-state index in [0.717, 1.165) is 16.5 Å². The highest BCUT2D eigenvalue weighted by Crippen LogP contribution is 2.48. The minimum Gasteiger partial charge on any atom is -0.452 e. The highest BCUT2D eigenvalue weighted by Gasteiger charge is 2.58. The van der Waals surface area contributed by atoms with Crippen molar-refractivity contribution in [2.45, 2.75) is 70.2 Å². The van der Waals surface area contributed by atoms with Crippen molar-refractivity contribution in [1.82, 2.24) is 4.90 Å². The van der Waals surface area contributed by atoms with Crippen LogP contribution in [-0.4, -0.2) is 46.5 Å². The number of rotatable bonds is 2. The van der Waals surface area contributed by atoms with Crippen LogP contribution in [0.15, 0.2) is 22.7 Å². The first-order valence-electron chi connectivity index (χ1n) is 9.68. The van der Waals surface area contributed by atoms with E-state index >= 15 is 0 Å². The number of halogens is 1. The first-order chi connectivity index (χ1) is 13.1. The molecule has 0 N–H and O–H groups in total. The van der Waals surface area contributed by atoms with Gasteiger partial charge in [-0.25, -0.2) is 9.59 Å². The van der Waals surface area contributed by atoms with Crippen molar-refractivity contribution >= 4 is 33.8 Å². The predicted molar refractivity (Wildman–Crippen MR) is 105 cm³/mol. The number of amides is 1. The largest absolute Gasteiger partial charge is 0.452 e. The minimum absolute atomic E-state index is 0.0486. The fourth-order valence-electron chi connectivity index (χ4n) is 4.18. The Kier molecular flexibility index (Phi) is 4.76. The first kappa shape index (κ1) is 19.4. The summed E-state index contributed by atoms with van der Waals surface area (Å²) in [5, 5.41) is 0. The summed E-state index contributed by atoms with van der Waals surface area (Å²) in [7, 11) is 0. The number of nitrogens with zero attached hydrogens (tertiary/aromatic N) is 1. The number of ether oxygens (including phenoxy) is 2. The molecule has 4 rings (SSSR count). The van der Waals surface area contributed by atoms with Gasteiger partial charge in [0, 0.05) is 16.1 Å². The molecule has 6 nitrogen and oxygen atoms in total. The van der Waals surface area contributed by atoms with Gasteiger partial charge < -0.3 is 9.47 Å². The third-order valence-corrected chi connectivity index (χ3v) is 6.03. The second-order valence-electron chi connectivity index (χ2n) is 8.83. The maximum atomic E-state index is 12.8. The van der Waals surface area contributed by atoms with Gasteiger partial charge in [-0.15, -0.1) is 0 Å². The van der Waals surface area contributed by atoms with Gasteiger partial charge in [0.25, 0.3) is 0 Å². The molecule has 1 aromatic rings. The summed E-state index contributed by atoms with van der Waals surface area (Å²) < 4.78 is 12.0. The van der Waals surface area contributed by atoms with E-state index in [1.165, 1.54) is 4.90 Å². The maximum absolute atomic E-state index is 12.8. The number of carbonyl (C=O) groups is 3. The summed E-state index contributed by atoms with van der Waals surface area (Å²) in [6, 6.07) is 4.89. The van der Waals surface area contributed by atoms with Gasteiger partial charge in [-0.3, -0.25) is 9.69 Å². The van der Waals surface area contributed by atoms with Crippen LogP contribution in [0.4, 0.5) is 4.79 Å². The Morgan fingerprint density at radius 3 is 2.68 bits per heavy atom. The van der Waals surface area contributed by atoms with Crippen molar-refractivity contribution in [3.63, 3.8) is 0 Å². The average molecular weight is 450 g/mol. The van der Waals surface area contributed by atoms with Crippen LogP contribution in [0.1, 0.15) is 56.0 Å². The number of fused-ring (bicyclic) bond motifs is 2. The first-order valence-corrected chi connectivity index (χ1v) is 10.5. The Hall–Kier alpha value is -1.89. The van der Waals surface area contributed by atoms with Gasteiger partial charge in [-0.05, 0) is 76.1 Å². The molecule has 28 heavy (non-hydrogen) atoms. The van der Waals surface area contributed by atoms with Crippen LogP contribution in [0.5, 0.6) is 0 Å². The lowest BCUT2D eigenvalue weighted by molar-refractivity contribution is -0.153. The van der Waals surface area contributed by atoms with Gasteiger partial charge in [0.2, 0.25) is 5.78 Å². The van der Waals surface area contributed by atoms with Crippen LogP contribution in [0.3, 0.4) is 0 Å². The van der Waals surface area contributed by atoms with E-state index in [0.29, 0.717) is 30.7 Å². The molecule has 1 aromatic carbocycles. The Balaban J connectivity index is 1.45. The molecule has 1 saturated carbocycles. The smallest absolute Gasteiger partial charge is 0.411 e. The molecule has 1 amide bonds. The number of hydrogen-bond donors (Lipinski definition) is 0. The lowest BCUT2D eigenvalue weighted by atomic mass is 9.88. The molecule has 4 atom stereocenters. The van der Waals surface area contributed by atoms with Crippen molar-refractivity contribution < 1.29 is 23.9 Å². The molecule has 3 aliphatic rings. The predicted octanol–water partition coefficient (Wildman–Crippen LogP) is 3.89.